The van der Waals surface area contributed by atoms with Gasteiger partial charge in [0, 0.05) is 26.1 Å². The summed E-state index contributed by atoms with van der Waals surface area (Å²) in [4.78, 5) is 7.82. The van der Waals surface area contributed by atoms with Crippen LogP contribution in [0.25, 0.3) is 0 Å². The van der Waals surface area contributed by atoms with Gasteiger partial charge in [0.15, 0.2) is 0 Å². The molecule has 1 aliphatic rings. The molecule has 4 nitrogen and oxygen atoms in total. The van der Waals surface area contributed by atoms with E-state index in [1.807, 2.05) is 66.7 Å². The maximum Gasteiger partial charge on any atom is 0.145 e. The molecule has 0 radical (unpaired) electrons. The van der Waals surface area contributed by atoms with E-state index in [-0.39, 0.29) is 11.9 Å². The Balaban J connectivity index is 1.41. The molecule has 0 bridgehead atoms. The van der Waals surface area contributed by atoms with Crippen LogP contribution in [0.1, 0.15) is 23.1 Å². The van der Waals surface area contributed by atoms with E-state index in [0.717, 1.165) is 22.4 Å². The van der Waals surface area contributed by atoms with Crippen LogP contribution in [0.5, 0.6) is 0 Å². The average Bonchev–Trinajstić information content (AvgIpc) is 3.23. The van der Waals surface area contributed by atoms with Crippen LogP contribution in [0.15, 0.2) is 90.1 Å². The van der Waals surface area contributed by atoms with Gasteiger partial charge in [-0.05, 0) is 35.2 Å². The summed E-state index contributed by atoms with van der Waals surface area (Å²) in [6.07, 6.45) is 0.635. The molecule has 0 amide bonds. The van der Waals surface area contributed by atoms with Crippen LogP contribution in [0.2, 0.25) is 0 Å². The van der Waals surface area contributed by atoms with Crippen molar-refractivity contribution < 1.29 is 14.3 Å². The fraction of sp³-hybridized carbons (Fsp3) is 0.269. The van der Waals surface area contributed by atoms with Crippen LogP contribution >= 0.6 is 0 Å². The van der Waals surface area contributed by atoms with E-state index in [1.165, 1.54) is 12.1 Å². The third kappa shape index (κ3) is 6.23. The Labute approximate surface area is 182 Å². The van der Waals surface area contributed by atoms with E-state index in [2.05, 4.69) is 10.1 Å². The first-order valence-electron chi connectivity index (χ1n) is 10.6. The van der Waals surface area contributed by atoms with Gasteiger partial charge in [0.1, 0.15) is 11.9 Å². The van der Waals surface area contributed by atoms with Gasteiger partial charge < -0.3 is 9.94 Å². The summed E-state index contributed by atoms with van der Waals surface area (Å²) >= 11 is 0. The fourth-order valence-electron chi connectivity index (χ4n) is 3.96. The Kier molecular flexibility index (Phi) is 7.07. The van der Waals surface area contributed by atoms with E-state index >= 15 is 0 Å². The first-order valence-corrected chi connectivity index (χ1v) is 10.6. The zero-order valence-corrected chi connectivity index (χ0v) is 17.4. The number of oxime groups is 1. The van der Waals surface area contributed by atoms with Gasteiger partial charge in [-0.1, -0.05) is 78.0 Å². The highest BCUT2D eigenvalue weighted by Gasteiger charge is 2.25. The Morgan fingerprint density at radius 1 is 0.968 bits per heavy atom. The highest BCUT2D eigenvalue weighted by atomic mass is 19.1. The second-order valence-corrected chi connectivity index (χ2v) is 8.00. The van der Waals surface area contributed by atoms with Crippen molar-refractivity contribution in [3.05, 3.63) is 107 Å². The number of aliphatic hydroxyl groups excluding tert-OH is 1. The van der Waals surface area contributed by atoms with Gasteiger partial charge in [-0.3, -0.25) is 4.90 Å². The molecule has 160 valence electrons. The van der Waals surface area contributed by atoms with Crippen molar-refractivity contribution in [2.45, 2.75) is 31.6 Å². The second-order valence-electron chi connectivity index (χ2n) is 8.00. The number of nitrogens with zero attached hydrogens (tertiary/aromatic N) is 2. The topological polar surface area (TPSA) is 45.1 Å². The van der Waals surface area contributed by atoms with Crippen LogP contribution in [0.3, 0.4) is 0 Å². The van der Waals surface area contributed by atoms with Gasteiger partial charge in [-0.25, -0.2) is 4.39 Å². The molecule has 0 aromatic heterocycles. The zero-order chi connectivity index (χ0) is 21.5. The predicted octanol–water partition coefficient (Wildman–Crippen LogP) is 4.42. The molecule has 0 spiro atoms. The van der Waals surface area contributed by atoms with Crippen molar-refractivity contribution in [3.63, 3.8) is 0 Å². The summed E-state index contributed by atoms with van der Waals surface area (Å²) in [6.45, 7) is 1.60. The highest BCUT2D eigenvalue weighted by molar-refractivity contribution is 6.01. The lowest BCUT2D eigenvalue weighted by molar-refractivity contribution is 0.0322. The number of rotatable bonds is 9. The molecule has 4 rings (SSSR count). The summed E-state index contributed by atoms with van der Waals surface area (Å²) in [5.41, 5.74) is 3.95. The van der Waals surface area contributed by atoms with Crippen molar-refractivity contribution in [1.29, 1.82) is 0 Å². The van der Waals surface area contributed by atoms with E-state index in [4.69, 9.17) is 4.84 Å². The molecule has 3 aromatic rings. The summed E-state index contributed by atoms with van der Waals surface area (Å²) in [7, 11) is 0. The molecule has 2 atom stereocenters. The van der Waals surface area contributed by atoms with E-state index < -0.39 is 6.10 Å². The maximum atomic E-state index is 13.7. The van der Waals surface area contributed by atoms with Crippen LogP contribution in [0.4, 0.5) is 4.39 Å². The zero-order valence-electron chi connectivity index (χ0n) is 17.4. The number of halogens is 1. The molecular formula is C26H27FN2O2. The van der Waals surface area contributed by atoms with Crippen molar-refractivity contribution in [2.24, 2.45) is 5.16 Å². The second kappa shape index (κ2) is 10.3. The third-order valence-electron chi connectivity index (χ3n) is 5.38. The Morgan fingerprint density at radius 3 is 2.42 bits per heavy atom. The molecule has 0 saturated carbocycles. The number of aliphatic hydroxyl groups is 1. The molecule has 5 heteroatoms. The van der Waals surface area contributed by atoms with Gasteiger partial charge in [0.25, 0.3) is 0 Å². The lowest BCUT2D eigenvalue weighted by Crippen LogP contribution is -2.38. The number of hydrogen-bond donors (Lipinski definition) is 1. The maximum absolute atomic E-state index is 13.7. The van der Waals surface area contributed by atoms with E-state index in [0.29, 0.717) is 32.5 Å². The smallest absolute Gasteiger partial charge is 0.145 e. The molecule has 31 heavy (non-hydrogen) atoms. The van der Waals surface area contributed by atoms with Crippen molar-refractivity contribution in [1.82, 2.24) is 4.90 Å². The monoisotopic (exact) mass is 418 g/mol. The first-order chi connectivity index (χ1) is 15.2. The molecular weight excluding hydrogens is 391 g/mol. The molecule has 0 fully saturated rings. The van der Waals surface area contributed by atoms with Crippen LogP contribution in [0, 0.1) is 5.82 Å². The third-order valence-corrected chi connectivity index (χ3v) is 5.38. The molecule has 0 saturated heterocycles. The summed E-state index contributed by atoms with van der Waals surface area (Å²) in [5, 5.41) is 15.0. The average molecular weight is 419 g/mol. The Hall–Kier alpha value is -3.02. The molecule has 0 aliphatic carbocycles. The Bertz CT molecular complexity index is 995. The quantitative estimate of drug-likeness (QED) is 0.559. The highest BCUT2D eigenvalue weighted by Crippen LogP contribution is 2.19. The van der Waals surface area contributed by atoms with E-state index in [9.17, 15) is 9.50 Å². The first kappa shape index (κ1) is 21.2. The van der Waals surface area contributed by atoms with Crippen LogP contribution in [-0.4, -0.2) is 41.0 Å². The molecule has 0 unspecified atom stereocenters. The standard InChI is InChI=1S/C26H27FN2O2/c27-23-13-7-10-21(14-23)17-29(18-24(30)15-20-8-3-1-4-9-20)19-25-16-26(28-31-25)22-11-5-2-6-12-22/h1-14,24-25,30H,15-19H2/t24-,25-/m1/s1. The normalized spacial score (nSPS) is 16.7. The lowest BCUT2D eigenvalue weighted by atomic mass is 10.0. The molecule has 1 N–H and O–H groups in total. The minimum Gasteiger partial charge on any atom is -0.391 e. The minimum absolute atomic E-state index is 0.104. The minimum atomic E-state index is -0.535. The fourth-order valence-corrected chi connectivity index (χ4v) is 3.96. The lowest BCUT2D eigenvalue weighted by Gasteiger charge is -2.27. The van der Waals surface area contributed by atoms with Gasteiger partial charge >= 0.3 is 0 Å². The summed E-state index contributed by atoms with van der Waals surface area (Å²) in [6, 6.07) is 26.5. The largest absolute Gasteiger partial charge is 0.391 e. The van der Waals surface area contributed by atoms with E-state index in [1.54, 1.807) is 6.07 Å². The van der Waals surface area contributed by atoms with Gasteiger partial charge in [0.2, 0.25) is 0 Å². The Morgan fingerprint density at radius 2 is 1.68 bits per heavy atom. The predicted molar refractivity (Wildman–Crippen MR) is 120 cm³/mol. The summed E-state index contributed by atoms with van der Waals surface area (Å²) < 4.78 is 13.7. The van der Waals surface area contributed by atoms with Crippen molar-refractivity contribution in [2.75, 3.05) is 13.1 Å². The van der Waals surface area contributed by atoms with Gasteiger partial charge in [-0.2, -0.15) is 0 Å². The number of hydrogen-bond acceptors (Lipinski definition) is 4. The number of benzene rings is 3. The van der Waals surface area contributed by atoms with Crippen molar-refractivity contribution in [3.8, 4) is 0 Å². The molecule has 1 aliphatic heterocycles. The van der Waals surface area contributed by atoms with Gasteiger partial charge in [-0.15, -0.1) is 0 Å². The van der Waals surface area contributed by atoms with Crippen LogP contribution in [-0.2, 0) is 17.8 Å². The molecule has 1 heterocycles. The molecule has 3 aromatic carbocycles. The summed E-state index contributed by atoms with van der Waals surface area (Å²) in [5.74, 6) is -0.255. The van der Waals surface area contributed by atoms with Crippen LogP contribution < -0.4 is 0 Å². The van der Waals surface area contributed by atoms with Gasteiger partial charge in [0.05, 0.1) is 11.8 Å². The SMILES string of the molecule is O[C@H](Cc1ccccc1)CN(Cc1cccc(F)c1)C[C@H]1CC(c2ccccc2)=NO1. The van der Waals surface area contributed by atoms with Crippen molar-refractivity contribution >= 4 is 5.71 Å².